The number of carbonyl (C=O) groups excluding carboxylic acids is 1. The van der Waals surface area contributed by atoms with E-state index in [-0.39, 0.29) is 5.91 Å². The summed E-state index contributed by atoms with van der Waals surface area (Å²) in [5.74, 6) is 0.957. The highest BCUT2D eigenvalue weighted by molar-refractivity contribution is 8.03. The van der Waals surface area contributed by atoms with Crippen molar-refractivity contribution in [2.75, 3.05) is 5.32 Å². The van der Waals surface area contributed by atoms with E-state index in [0.29, 0.717) is 0 Å². The molecule has 0 atom stereocenters. The van der Waals surface area contributed by atoms with Gasteiger partial charge in [0.15, 0.2) is 0 Å². The van der Waals surface area contributed by atoms with E-state index in [2.05, 4.69) is 23.5 Å². The highest BCUT2D eigenvalue weighted by atomic mass is 32.2. The Hall–Kier alpha value is -1.52. The van der Waals surface area contributed by atoms with Crippen LogP contribution in [-0.2, 0) is 23.4 Å². The lowest BCUT2D eigenvalue weighted by Gasteiger charge is -2.17. The summed E-state index contributed by atoms with van der Waals surface area (Å²) in [6, 6.07) is 6.16. The predicted octanol–water partition coefficient (Wildman–Crippen LogP) is 5.47. The second-order valence-electron chi connectivity index (χ2n) is 6.62. The Labute approximate surface area is 151 Å². The Morgan fingerprint density at radius 1 is 1.12 bits per heavy atom. The number of benzene rings is 1. The number of hydrogen-bond donors (Lipinski definition) is 1. The molecule has 4 heteroatoms. The minimum Gasteiger partial charge on any atom is -0.321 e. The van der Waals surface area contributed by atoms with Crippen LogP contribution in [-0.4, -0.2) is 5.91 Å². The van der Waals surface area contributed by atoms with Crippen molar-refractivity contribution < 1.29 is 4.79 Å². The molecule has 0 spiro atoms. The van der Waals surface area contributed by atoms with Gasteiger partial charge in [-0.25, -0.2) is 0 Å². The van der Waals surface area contributed by atoms with Gasteiger partial charge in [0.25, 0.3) is 5.91 Å². The van der Waals surface area contributed by atoms with Crippen LogP contribution in [0.25, 0.3) is 6.08 Å². The van der Waals surface area contributed by atoms with Gasteiger partial charge >= 0.3 is 0 Å². The van der Waals surface area contributed by atoms with Crippen molar-refractivity contribution in [1.82, 2.24) is 0 Å². The van der Waals surface area contributed by atoms with Crippen molar-refractivity contribution in [3.63, 3.8) is 0 Å². The van der Waals surface area contributed by atoms with E-state index >= 15 is 0 Å². The summed E-state index contributed by atoms with van der Waals surface area (Å²) < 4.78 is 0. The smallest absolute Gasteiger partial charge is 0.262 e. The van der Waals surface area contributed by atoms with Crippen LogP contribution in [0.5, 0.6) is 0 Å². The lowest BCUT2D eigenvalue weighted by molar-refractivity contribution is -0.112. The molecular formula is C20H21NOS2. The quantitative estimate of drug-likeness (QED) is 0.774. The summed E-state index contributed by atoms with van der Waals surface area (Å²) in [7, 11) is 0. The van der Waals surface area contributed by atoms with Crippen molar-refractivity contribution in [3.05, 3.63) is 55.1 Å². The van der Waals surface area contributed by atoms with Gasteiger partial charge in [-0.1, -0.05) is 12.1 Å². The third kappa shape index (κ3) is 2.93. The summed E-state index contributed by atoms with van der Waals surface area (Å²) in [5, 5.41) is 3.09. The van der Waals surface area contributed by atoms with Crippen molar-refractivity contribution in [1.29, 1.82) is 0 Å². The summed E-state index contributed by atoms with van der Waals surface area (Å²) in [4.78, 5) is 16.4. The molecule has 0 saturated heterocycles. The van der Waals surface area contributed by atoms with E-state index in [1.807, 2.05) is 31.3 Å². The van der Waals surface area contributed by atoms with E-state index in [0.717, 1.165) is 27.5 Å². The molecule has 4 rings (SSSR count). The van der Waals surface area contributed by atoms with Crippen molar-refractivity contribution in [2.24, 2.45) is 0 Å². The Morgan fingerprint density at radius 2 is 1.96 bits per heavy atom. The first-order valence-electron chi connectivity index (χ1n) is 8.48. The van der Waals surface area contributed by atoms with Crippen LogP contribution in [0.1, 0.15) is 44.8 Å². The molecule has 1 aliphatic carbocycles. The largest absolute Gasteiger partial charge is 0.321 e. The van der Waals surface area contributed by atoms with Crippen LogP contribution in [0.4, 0.5) is 5.69 Å². The zero-order valence-corrected chi connectivity index (χ0v) is 15.7. The van der Waals surface area contributed by atoms with Gasteiger partial charge in [0.05, 0.1) is 4.91 Å². The first-order chi connectivity index (χ1) is 11.6. The standard InChI is InChI=1S/C20H21NOS2/c1-12-7-8-13(2)16(9-12)21-20(22)19-10-18-15(11-23-19)14-5-3-4-6-17(14)24-18/h7-10H,3-6,11H2,1-2H3,(H,21,22). The first kappa shape index (κ1) is 16.0. The molecular weight excluding hydrogens is 334 g/mol. The molecule has 2 aromatic rings. The molecule has 1 amide bonds. The molecule has 2 heterocycles. The number of anilines is 1. The summed E-state index contributed by atoms with van der Waals surface area (Å²) in [6.45, 7) is 4.08. The molecule has 1 aromatic heterocycles. The van der Waals surface area contributed by atoms with Crippen LogP contribution in [0.15, 0.2) is 23.1 Å². The molecule has 2 aliphatic rings. The van der Waals surface area contributed by atoms with Crippen LogP contribution in [0.3, 0.4) is 0 Å². The second-order valence-corrected chi connectivity index (χ2v) is 8.78. The van der Waals surface area contributed by atoms with E-state index in [9.17, 15) is 4.79 Å². The number of carbonyl (C=O) groups is 1. The van der Waals surface area contributed by atoms with Crippen LogP contribution in [0.2, 0.25) is 0 Å². The Morgan fingerprint density at radius 3 is 2.83 bits per heavy atom. The average molecular weight is 356 g/mol. The molecule has 1 aliphatic heterocycles. The highest BCUT2D eigenvalue weighted by Gasteiger charge is 2.25. The topological polar surface area (TPSA) is 29.1 Å². The number of fused-ring (bicyclic) bond motifs is 3. The summed E-state index contributed by atoms with van der Waals surface area (Å²) in [5.41, 5.74) is 6.25. The minimum atomic E-state index is 0.0192. The summed E-state index contributed by atoms with van der Waals surface area (Å²) in [6.07, 6.45) is 7.16. The number of thiophene rings is 1. The van der Waals surface area contributed by atoms with Crippen LogP contribution < -0.4 is 5.32 Å². The molecule has 0 unspecified atom stereocenters. The van der Waals surface area contributed by atoms with Crippen LogP contribution >= 0.6 is 23.1 Å². The van der Waals surface area contributed by atoms with Gasteiger partial charge in [0.2, 0.25) is 0 Å². The zero-order chi connectivity index (χ0) is 16.7. The van der Waals surface area contributed by atoms with Gasteiger partial charge < -0.3 is 5.32 Å². The zero-order valence-electron chi connectivity index (χ0n) is 14.1. The Balaban J connectivity index is 1.59. The molecule has 24 heavy (non-hydrogen) atoms. The Bertz CT molecular complexity index is 848. The van der Waals surface area contributed by atoms with Gasteiger partial charge in [-0.3, -0.25) is 4.79 Å². The minimum absolute atomic E-state index is 0.0192. The van der Waals surface area contributed by atoms with Crippen LogP contribution in [0, 0.1) is 13.8 Å². The molecule has 0 fully saturated rings. The maximum absolute atomic E-state index is 12.7. The fraction of sp³-hybridized carbons (Fsp3) is 0.350. The van der Waals surface area contributed by atoms with Crippen molar-refractivity contribution in [2.45, 2.75) is 45.3 Å². The molecule has 1 aromatic carbocycles. The predicted molar refractivity (Wildman–Crippen MR) is 105 cm³/mol. The number of aryl methyl sites for hydroxylation is 3. The molecule has 0 bridgehead atoms. The molecule has 1 N–H and O–H groups in total. The van der Waals surface area contributed by atoms with Crippen molar-refractivity contribution >= 4 is 40.8 Å². The number of rotatable bonds is 2. The fourth-order valence-electron chi connectivity index (χ4n) is 3.42. The summed E-state index contributed by atoms with van der Waals surface area (Å²) >= 11 is 3.58. The maximum Gasteiger partial charge on any atom is 0.262 e. The first-order valence-corrected chi connectivity index (χ1v) is 10.3. The van der Waals surface area contributed by atoms with Crippen molar-refractivity contribution in [3.8, 4) is 0 Å². The van der Waals surface area contributed by atoms with Gasteiger partial charge in [-0.15, -0.1) is 23.1 Å². The van der Waals surface area contributed by atoms with E-state index in [4.69, 9.17) is 0 Å². The van der Waals surface area contributed by atoms with Gasteiger partial charge in [-0.2, -0.15) is 0 Å². The molecule has 0 radical (unpaired) electrons. The third-order valence-corrected chi connectivity index (χ3v) is 7.14. The highest BCUT2D eigenvalue weighted by Crippen LogP contribution is 2.42. The molecule has 2 nitrogen and oxygen atoms in total. The number of hydrogen-bond acceptors (Lipinski definition) is 3. The van der Waals surface area contributed by atoms with E-state index < -0.39 is 0 Å². The SMILES string of the molecule is Cc1ccc(C)c(NC(=O)C2=Cc3sc4c(c3CS2)CCCC4)c1. The lowest BCUT2D eigenvalue weighted by Crippen LogP contribution is -2.15. The molecule has 0 saturated carbocycles. The fourth-order valence-corrected chi connectivity index (χ4v) is 5.96. The normalized spacial score (nSPS) is 16.2. The average Bonchev–Trinajstić information content (AvgIpc) is 2.95. The number of amides is 1. The monoisotopic (exact) mass is 355 g/mol. The second kappa shape index (κ2) is 6.41. The van der Waals surface area contributed by atoms with E-state index in [1.54, 1.807) is 22.2 Å². The van der Waals surface area contributed by atoms with E-state index in [1.165, 1.54) is 36.1 Å². The van der Waals surface area contributed by atoms with Gasteiger partial charge in [0.1, 0.15) is 0 Å². The number of thioether (sulfide) groups is 1. The maximum atomic E-state index is 12.7. The third-order valence-electron chi connectivity index (χ3n) is 4.81. The lowest BCUT2D eigenvalue weighted by atomic mass is 9.95. The van der Waals surface area contributed by atoms with Gasteiger partial charge in [-0.05, 0) is 73.9 Å². The van der Waals surface area contributed by atoms with Gasteiger partial charge in [0, 0.05) is 21.2 Å². The molecule has 124 valence electrons. The number of nitrogens with one attached hydrogen (secondary N) is 1. The Kier molecular flexibility index (Phi) is 4.27.